The van der Waals surface area contributed by atoms with Crippen LogP contribution in [0.15, 0.2) is 60.8 Å². The van der Waals surface area contributed by atoms with Crippen molar-refractivity contribution >= 4 is 28.9 Å². The maximum Gasteiger partial charge on any atom is 0.217 e. The molecule has 1 heterocycles. The van der Waals surface area contributed by atoms with Gasteiger partial charge >= 0.3 is 0 Å². The van der Waals surface area contributed by atoms with Gasteiger partial charge in [0.05, 0.1) is 11.6 Å². The molecule has 1 aromatic heterocycles. The van der Waals surface area contributed by atoms with Gasteiger partial charge in [-0.3, -0.25) is 0 Å². The normalized spacial score (nSPS) is 10.1. The van der Waals surface area contributed by atoms with E-state index in [1.807, 2.05) is 54.6 Å². The van der Waals surface area contributed by atoms with Gasteiger partial charge in [0.25, 0.3) is 0 Å². The van der Waals surface area contributed by atoms with Crippen LogP contribution in [0.3, 0.4) is 0 Å². The zero-order chi connectivity index (χ0) is 16.2. The lowest BCUT2D eigenvalue weighted by molar-refractivity contribution is 0.483. The van der Waals surface area contributed by atoms with Crippen LogP contribution in [0.5, 0.6) is 11.5 Å². The molecule has 0 unspecified atom stereocenters. The summed E-state index contributed by atoms with van der Waals surface area (Å²) in [7, 11) is 0. The minimum Gasteiger partial charge on any atom is -0.457 e. The van der Waals surface area contributed by atoms with Crippen LogP contribution in [-0.2, 0) is 0 Å². The standard InChI is InChI=1S/C18H10Cl2N2O/c1-21-17-15(11-22-18(20)16(17)19)12-7-9-14(10-8-12)23-13-5-3-2-4-6-13/h2-11H. The molecule has 3 aromatic rings. The highest BCUT2D eigenvalue weighted by molar-refractivity contribution is 6.43. The topological polar surface area (TPSA) is 26.5 Å². The van der Waals surface area contributed by atoms with Crippen molar-refractivity contribution < 1.29 is 4.74 Å². The molecule has 0 saturated carbocycles. The number of hydrogen-bond acceptors (Lipinski definition) is 2. The molecule has 5 heteroatoms. The third-order valence-electron chi connectivity index (χ3n) is 3.21. The molecule has 0 saturated heterocycles. The van der Waals surface area contributed by atoms with Crippen molar-refractivity contribution in [1.29, 1.82) is 0 Å². The minimum absolute atomic E-state index is 0.130. The SMILES string of the molecule is [C-]#[N+]c1c(-c2ccc(Oc3ccccc3)cc2)cnc(Cl)c1Cl. The molecule has 0 atom stereocenters. The van der Waals surface area contributed by atoms with Crippen LogP contribution in [-0.4, -0.2) is 4.98 Å². The number of para-hydroxylation sites is 1. The van der Waals surface area contributed by atoms with Gasteiger partial charge in [-0.2, -0.15) is 0 Å². The number of hydrogen-bond donors (Lipinski definition) is 0. The second-order valence-corrected chi connectivity index (χ2v) is 5.41. The molecule has 0 aliphatic carbocycles. The average Bonchev–Trinajstić information content (AvgIpc) is 2.59. The minimum atomic E-state index is 0.130. The molecule has 3 rings (SSSR count). The summed E-state index contributed by atoms with van der Waals surface area (Å²) in [5, 5.41) is 0.300. The van der Waals surface area contributed by atoms with E-state index in [-0.39, 0.29) is 10.2 Å². The van der Waals surface area contributed by atoms with E-state index >= 15 is 0 Å². The van der Waals surface area contributed by atoms with Crippen molar-refractivity contribution in [3.63, 3.8) is 0 Å². The predicted octanol–water partition coefficient (Wildman–Crippen LogP) is 6.40. The summed E-state index contributed by atoms with van der Waals surface area (Å²) in [6.07, 6.45) is 1.55. The van der Waals surface area contributed by atoms with E-state index in [1.54, 1.807) is 6.20 Å². The number of benzene rings is 2. The van der Waals surface area contributed by atoms with Crippen LogP contribution >= 0.6 is 23.2 Å². The molecule has 0 bridgehead atoms. The fourth-order valence-corrected chi connectivity index (χ4v) is 2.43. The Labute approximate surface area is 143 Å². The first-order chi connectivity index (χ1) is 11.2. The molecule has 0 aliphatic rings. The van der Waals surface area contributed by atoms with E-state index < -0.39 is 0 Å². The number of pyridine rings is 1. The lowest BCUT2D eigenvalue weighted by Gasteiger charge is -2.09. The highest BCUT2D eigenvalue weighted by Gasteiger charge is 2.13. The lowest BCUT2D eigenvalue weighted by Crippen LogP contribution is -1.86. The fourth-order valence-electron chi connectivity index (χ4n) is 2.10. The Morgan fingerprint density at radius 3 is 2.22 bits per heavy atom. The van der Waals surface area contributed by atoms with Crippen molar-refractivity contribution in [2.75, 3.05) is 0 Å². The highest BCUT2D eigenvalue weighted by Crippen LogP contribution is 2.39. The molecule has 112 valence electrons. The summed E-state index contributed by atoms with van der Waals surface area (Å²) in [5.41, 5.74) is 1.76. The number of nitrogens with zero attached hydrogens (tertiary/aromatic N) is 2. The molecule has 0 spiro atoms. The van der Waals surface area contributed by atoms with Gasteiger partial charge in [-0.1, -0.05) is 53.5 Å². The second kappa shape index (κ2) is 6.70. The molecule has 0 amide bonds. The Bertz CT molecular complexity index is 872. The van der Waals surface area contributed by atoms with Crippen LogP contribution in [0.1, 0.15) is 0 Å². The van der Waals surface area contributed by atoms with E-state index in [4.69, 9.17) is 34.5 Å². The van der Waals surface area contributed by atoms with Gasteiger partial charge in [0.2, 0.25) is 5.69 Å². The Hall–Kier alpha value is -2.54. The number of ether oxygens (including phenoxy) is 1. The van der Waals surface area contributed by atoms with Crippen LogP contribution in [0, 0.1) is 6.57 Å². The first-order valence-corrected chi connectivity index (χ1v) is 7.49. The quantitative estimate of drug-likeness (QED) is 0.407. The average molecular weight is 341 g/mol. The lowest BCUT2D eigenvalue weighted by atomic mass is 10.1. The zero-order valence-corrected chi connectivity index (χ0v) is 13.3. The van der Waals surface area contributed by atoms with E-state index in [9.17, 15) is 0 Å². The van der Waals surface area contributed by atoms with Gasteiger partial charge in [-0.05, 0) is 29.8 Å². The Kier molecular flexibility index (Phi) is 4.47. The summed E-state index contributed by atoms with van der Waals surface area (Å²) < 4.78 is 5.75. The molecule has 0 N–H and O–H groups in total. The second-order valence-electron chi connectivity index (χ2n) is 4.68. The van der Waals surface area contributed by atoms with Gasteiger partial charge < -0.3 is 4.74 Å². The van der Waals surface area contributed by atoms with Crippen LogP contribution in [0.25, 0.3) is 16.0 Å². The molecule has 0 aliphatic heterocycles. The van der Waals surface area contributed by atoms with Crippen LogP contribution in [0.2, 0.25) is 10.2 Å². The monoisotopic (exact) mass is 340 g/mol. The Balaban J connectivity index is 1.92. The summed E-state index contributed by atoms with van der Waals surface area (Å²) in [6, 6.07) is 16.9. The van der Waals surface area contributed by atoms with E-state index in [0.29, 0.717) is 17.0 Å². The number of rotatable bonds is 3. The maximum absolute atomic E-state index is 7.29. The van der Waals surface area contributed by atoms with E-state index in [0.717, 1.165) is 11.3 Å². The number of halogens is 2. The summed E-state index contributed by atoms with van der Waals surface area (Å²) in [6.45, 7) is 7.29. The van der Waals surface area contributed by atoms with Crippen molar-refractivity contribution in [2.45, 2.75) is 0 Å². The van der Waals surface area contributed by atoms with Crippen molar-refractivity contribution in [3.8, 4) is 22.6 Å². The molecule has 2 aromatic carbocycles. The van der Waals surface area contributed by atoms with Gasteiger partial charge in [-0.15, -0.1) is 0 Å². The van der Waals surface area contributed by atoms with Gasteiger partial charge in [0.1, 0.15) is 16.7 Å². The smallest absolute Gasteiger partial charge is 0.217 e. The molecular formula is C18H10Cl2N2O. The maximum atomic E-state index is 7.29. The molecular weight excluding hydrogens is 331 g/mol. The van der Waals surface area contributed by atoms with Gasteiger partial charge in [0.15, 0.2) is 0 Å². The zero-order valence-electron chi connectivity index (χ0n) is 11.8. The molecule has 23 heavy (non-hydrogen) atoms. The van der Waals surface area contributed by atoms with Crippen LogP contribution in [0.4, 0.5) is 5.69 Å². The molecule has 0 radical (unpaired) electrons. The first kappa shape index (κ1) is 15.4. The van der Waals surface area contributed by atoms with Gasteiger partial charge in [-0.25, -0.2) is 9.83 Å². The van der Waals surface area contributed by atoms with Crippen molar-refractivity contribution in [3.05, 3.63) is 82.4 Å². The third-order valence-corrected chi connectivity index (χ3v) is 3.95. The molecule has 3 nitrogen and oxygen atoms in total. The first-order valence-electron chi connectivity index (χ1n) is 6.74. The predicted molar refractivity (Wildman–Crippen MR) is 92.5 cm³/mol. The fraction of sp³-hybridized carbons (Fsp3) is 0. The molecule has 0 fully saturated rings. The van der Waals surface area contributed by atoms with Gasteiger partial charge in [0, 0.05) is 11.8 Å². The Morgan fingerprint density at radius 1 is 0.913 bits per heavy atom. The summed E-state index contributed by atoms with van der Waals surface area (Å²) in [5.74, 6) is 1.47. The van der Waals surface area contributed by atoms with Crippen molar-refractivity contribution in [1.82, 2.24) is 4.98 Å². The van der Waals surface area contributed by atoms with E-state index in [1.165, 1.54) is 0 Å². The van der Waals surface area contributed by atoms with E-state index in [2.05, 4.69) is 9.83 Å². The van der Waals surface area contributed by atoms with Crippen LogP contribution < -0.4 is 4.74 Å². The number of aromatic nitrogens is 1. The third kappa shape index (κ3) is 3.29. The Morgan fingerprint density at radius 2 is 1.57 bits per heavy atom. The summed E-state index contributed by atoms with van der Waals surface area (Å²) in [4.78, 5) is 7.47. The largest absolute Gasteiger partial charge is 0.457 e. The summed E-state index contributed by atoms with van der Waals surface area (Å²) >= 11 is 11.9. The highest BCUT2D eigenvalue weighted by atomic mass is 35.5. The van der Waals surface area contributed by atoms with Crippen molar-refractivity contribution in [2.24, 2.45) is 0 Å².